The molecule has 3 rings (SSSR count). The first-order valence-electron chi connectivity index (χ1n) is 6.09. The average molecular weight is 237 g/mol. The maximum Gasteiger partial charge on any atom is 0.128 e. The Morgan fingerprint density at radius 3 is 2.50 bits per heavy atom. The predicted molar refractivity (Wildman–Crippen MR) is 67.1 cm³/mol. The lowest BCUT2D eigenvalue weighted by atomic mass is 10.0. The largest absolute Gasteiger partial charge is 0.351 e. The van der Waals surface area contributed by atoms with E-state index in [-0.39, 0.29) is 0 Å². The summed E-state index contributed by atoms with van der Waals surface area (Å²) in [7, 11) is 0. The molecule has 0 saturated carbocycles. The molecule has 16 heavy (non-hydrogen) atoms. The van der Waals surface area contributed by atoms with Crippen molar-refractivity contribution in [3.05, 3.63) is 23.9 Å². The van der Waals surface area contributed by atoms with Gasteiger partial charge in [0.25, 0.3) is 0 Å². The summed E-state index contributed by atoms with van der Waals surface area (Å²) in [4.78, 5) is 7.05. The van der Waals surface area contributed by atoms with Gasteiger partial charge in [0.2, 0.25) is 0 Å². The molecule has 2 unspecified atom stereocenters. The normalized spacial score (nSPS) is 33.1. The van der Waals surface area contributed by atoms with Crippen LogP contribution in [0.2, 0.25) is 0 Å². The van der Waals surface area contributed by atoms with Gasteiger partial charge >= 0.3 is 0 Å². The molecule has 0 aromatic carbocycles. The van der Waals surface area contributed by atoms with E-state index < -0.39 is 0 Å². The van der Waals surface area contributed by atoms with Gasteiger partial charge in [-0.25, -0.2) is 4.98 Å². The molecule has 0 spiro atoms. The molecule has 86 valence electrons. The molecule has 2 nitrogen and oxygen atoms in total. The molecule has 2 aliphatic heterocycles. The van der Waals surface area contributed by atoms with Crippen molar-refractivity contribution >= 4 is 17.4 Å². The van der Waals surface area contributed by atoms with E-state index >= 15 is 0 Å². The van der Waals surface area contributed by atoms with Crippen molar-refractivity contribution in [3.63, 3.8) is 0 Å². The molecule has 2 atom stereocenters. The van der Waals surface area contributed by atoms with Gasteiger partial charge in [0.15, 0.2) is 0 Å². The topological polar surface area (TPSA) is 16.1 Å². The number of aromatic nitrogens is 1. The lowest BCUT2D eigenvalue weighted by Gasteiger charge is -2.37. The van der Waals surface area contributed by atoms with Gasteiger partial charge in [-0.15, -0.1) is 11.6 Å². The van der Waals surface area contributed by atoms with E-state index in [0.29, 0.717) is 17.5 Å². The third-order valence-electron chi connectivity index (χ3n) is 3.84. The van der Waals surface area contributed by atoms with Crippen LogP contribution in [0.15, 0.2) is 18.3 Å². The summed E-state index contributed by atoms with van der Waals surface area (Å²) in [6.07, 6.45) is 6.76. The number of alkyl halides is 1. The molecule has 3 heteroatoms. The van der Waals surface area contributed by atoms with Crippen molar-refractivity contribution in [1.82, 2.24) is 4.98 Å². The first kappa shape index (κ1) is 10.4. The minimum Gasteiger partial charge on any atom is -0.351 e. The van der Waals surface area contributed by atoms with E-state index in [1.807, 2.05) is 6.20 Å². The van der Waals surface area contributed by atoms with Crippen LogP contribution in [0.5, 0.6) is 0 Å². The summed E-state index contributed by atoms with van der Waals surface area (Å²) in [6.45, 7) is 2.08. The number of anilines is 1. The zero-order chi connectivity index (χ0) is 11.1. The van der Waals surface area contributed by atoms with Gasteiger partial charge in [-0.1, -0.05) is 6.07 Å². The lowest BCUT2D eigenvalue weighted by Crippen LogP contribution is -2.43. The predicted octanol–water partition coefficient (Wildman–Crippen LogP) is 3.13. The standard InChI is InChI=1S/C13H17ClN2/c1-9-2-5-13(15-8-9)16-11-3-4-12(16)7-10(14)6-11/h2,5,8,10-12H,3-4,6-7H2,1H3. The monoisotopic (exact) mass is 236 g/mol. The molecule has 2 bridgehead atoms. The first-order chi connectivity index (χ1) is 7.74. The molecular weight excluding hydrogens is 220 g/mol. The highest BCUT2D eigenvalue weighted by Gasteiger charge is 2.40. The van der Waals surface area contributed by atoms with Crippen molar-refractivity contribution in [2.45, 2.75) is 50.1 Å². The van der Waals surface area contributed by atoms with Crippen LogP contribution in [0.3, 0.4) is 0 Å². The highest BCUT2D eigenvalue weighted by Crippen LogP contribution is 2.40. The number of hydrogen-bond donors (Lipinski definition) is 0. The van der Waals surface area contributed by atoms with E-state index in [1.165, 1.54) is 18.4 Å². The molecular formula is C13H17ClN2. The fraction of sp³-hybridized carbons (Fsp3) is 0.615. The molecule has 0 aliphatic carbocycles. The van der Waals surface area contributed by atoms with Gasteiger partial charge in [0.1, 0.15) is 5.82 Å². The van der Waals surface area contributed by atoms with E-state index in [0.717, 1.165) is 18.7 Å². The number of hydrogen-bond acceptors (Lipinski definition) is 2. The van der Waals surface area contributed by atoms with Gasteiger partial charge in [-0.3, -0.25) is 0 Å². The Morgan fingerprint density at radius 2 is 1.94 bits per heavy atom. The van der Waals surface area contributed by atoms with Crippen molar-refractivity contribution in [1.29, 1.82) is 0 Å². The van der Waals surface area contributed by atoms with E-state index in [2.05, 4.69) is 28.9 Å². The molecule has 1 aromatic heterocycles. The first-order valence-corrected chi connectivity index (χ1v) is 6.53. The van der Waals surface area contributed by atoms with Crippen molar-refractivity contribution in [2.24, 2.45) is 0 Å². The van der Waals surface area contributed by atoms with Crippen molar-refractivity contribution in [3.8, 4) is 0 Å². The third kappa shape index (κ3) is 1.69. The van der Waals surface area contributed by atoms with Gasteiger partial charge in [-0.05, 0) is 44.2 Å². The van der Waals surface area contributed by atoms with Gasteiger partial charge in [0.05, 0.1) is 0 Å². The second-order valence-electron chi connectivity index (χ2n) is 5.05. The van der Waals surface area contributed by atoms with Crippen LogP contribution < -0.4 is 4.90 Å². The second-order valence-corrected chi connectivity index (χ2v) is 5.67. The van der Waals surface area contributed by atoms with Crippen LogP contribution >= 0.6 is 11.6 Å². The number of piperidine rings is 1. The van der Waals surface area contributed by atoms with E-state index in [4.69, 9.17) is 11.6 Å². The van der Waals surface area contributed by atoms with Crippen LogP contribution in [0, 0.1) is 6.92 Å². The molecule has 0 N–H and O–H groups in total. The van der Waals surface area contributed by atoms with Crippen molar-refractivity contribution in [2.75, 3.05) is 4.90 Å². The fourth-order valence-electron chi connectivity index (χ4n) is 3.10. The number of aryl methyl sites for hydroxylation is 1. The summed E-state index contributed by atoms with van der Waals surface area (Å²) >= 11 is 6.28. The Balaban J connectivity index is 1.88. The molecule has 2 saturated heterocycles. The maximum absolute atomic E-state index is 6.28. The highest BCUT2D eigenvalue weighted by molar-refractivity contribution is 6.20. The highest BCUT2D eigenvalue weighted by atomic mass is 35.5. The van der Waals surface area contributed by atoms with Crippen LogP contribution in [-0.2, 0) is 0 Å². The SMILES string of the molecule is Cc1ccc(N2C3CCC2CC(Cl)C3)nc1. The summed E-state index contributed by atoms with van der Waals surface area (Å²) in [5, 5.41) is 0.374. The van der Waals surface area contributed by atoms with Crippen LogP contribution in [0.4, 0.5) is 5.82 Å². The summed E-state index contributed by atoms with van der Waals surface area (Å²) in [5.74, 6) is 1.14. The lowest BCUT2D eigenvalue weighted by molar-refractivity contribution is 0.470. The zero-order valence-corrected chi connectivity index (χ0v) is 10.3. The van der Waals surface area contributed by atoms with Crippen LogP contribution in [0.25, 0.3) is 0 Å². The Bertz CT molecular complexity index is 362. The van der Waals surface area contributed by atoms with Crippen LogP contribution in [0.1, 0.15) is 31.2 Å². The summed E-state index contributed by atoms with van der Waals surface area (Å²) in [6, 6.07) is 5.54. The Labute approximate surface area is 102 Å². The van der Waals surface area contributed by atoms with Crippen molar-refractivity contribution < 1.29 is 0 Å². The van der Waals surface area contributed by atoms with E-state index in [9.17, 15) is 0 Å². The molecule has 0 radical (unpaired) electrons. The molecule has 1 aromatic rings. The fourth-order valence-corrected chi connectivity index (χ4v) is 3.51. The zero-order valence-electron chi connectivity index (χ0n) is 9.56. The number of nitrogens with zero attached hydrogens (tertiary/aromatic N) is 2. The average Bonchev–Trinajstić information content (AvgIpc) is 2.54. The molecule has 2 aliphatic rings. The summed E-state index contributed by atoms with van der Waals surface area (Å²) < 4.78 is 0. The Kier molecular flexibility index (Phi) is 2.55. The molecule has 2 fully saturated rings. The Hall–Kier alpha value is -0.760. The second kappa shape index (κ2) is 3.92. The van der Waals surface area contributed by atoms with Gasteiger partial charge < -0.3 is 4.90 Å². The third-order valence-corrected chi connectivity index (χ3v) is 4.19. The smallest absolute Gasteiger partial charge is 0.128 e. The number of pyridine rings is 1. The van der Waals surface area contributed by atoms with Crippen LogP contribution in [-0.4, -0.2) is 22.4 Å². The maximum atomic E-state index is 6.28. The number of fused-ring (bicyclic) bond motifs is 2. The summed E-state index contributed by atoms with van der Waals surface area (Å²) in [5.41, 5.74) is 1.23. The molecule has 3 heterocycles. The minimum absolute atomic E-state index is 0.374. The minimum atomic E-state index is 0.374. The van der Waals surface area contributed by atoms with Gasteiger partial charge in [-0.2, -0.15) is 0 Å². The Morgan fingerprint density at radius 1 is 1.25 bits per heavy atom. The molecule has 0 amide bonds. The number of halogens is 1. The van der Waals surface area contributed by atoms with Gasteiger partial charge in [0, 0.05) is 23.7 Å². The van der Waals surface area contributed by atoms with E-state index in [1.54, 1.807) is 0 Å². The quantitative estimate of drug-likeness (QED) is 0.697. The number of rotatable bonds is 1.